The van der Waals surface area contributed by atoms with Crippen molar-refractivity contribution in [1.82, 2.24) is 10.2 Å². The standard InChI is InChI=1S/C17H27N3O3.HI/c1-3-18-17(20-11-9-14(21)13-20)19-10-4-12-23-16-7-5-15(22-2)6-8-16;/h5-8,14,21H,3-4,9-13H2,1-2H3,(H,18,19);1H/t14-;/m1./s1. The van der Waals surface area contributed by atoms with E-state index in [0.717, 1.165) is 43.4 Å². The summed E-state index contributed by atoms with van der Waals surface area (Å²) >= 11 is 0. The molecule has 0 unspecified atom stereocenters. The van der Waals surface area contributed by atoms with Crippen LogP contribution >= 0.6 is 24.0 Å². The summed E-state index contributed by atoms with van der Waals surface area (Å²) in [7, 11) is 1.65. The van der Waals surface area contributed by atoms with Crippen LogP contribution in [0.15, 0.2) is 29.3 Å². The zero-order chi connectivity index (χ0) is 16.5. The number of guanidine groups is 1. The molecule has 0 amide bonds. The Morgan fingerprint density at radius 3 is 2.62 bits per heavy atom. The second kappa shape index (κ2) is 11.4. The third-order valence-electron chi connectivity index (χ3n) is 3.69. The molecule has 1 aromatic carbocycles. The van der Waals surface area contributed by atoms with Gasteiger partial charge in [0.15, 0.2) is 5.96 Å². The van der Waals surface area contributed by atoms with Crippen LogP contribution in [0.3, 0.4) is 0 Å². The van der Waals surface area contributed by atoms with Crippen molar-refractivity contribution >= 4 is 29.9 Å². The van der Waals surface area contributed by atoms with E-state index in [9.17, 15) is 5.11 Å². The fourth-order valence-corrected chi connectivity index (χ4v) is 2.47. The number of aliphatic hydroxyl groups is 1. The lowest BCUT2D eigenvalue weighted by atomic mass is 10.3. The maximum Gasteiger partial charge on any atom is 0.194 e. The van der Waals surface area contributed by atoms with Crippen LogP contribution in [0.1, 0.15) is 19.8 Å². The third kappa shape index (κ3) is 6.72. The number of hydrogen-bond donors (Lipinski definition) is 2. The molecule has 0 aromatic heterocycles. The molecule has 1 saturated heterocycles. The van der Waals surface area contributed by atoms with Crippen LogP contribution in [0, 0.1) is 0 Å². The molecule has 0 radical (unpaired) electrons. The molecule has 24 heavy (non-hydrogen) atoms. The second-order valence-electron chi connectivity index (χ2n) is 5.50. The Kier molecular flexibility index (Phi) is 9.85. The molecule has 0 spiro atoms. The summed E-state index contributed by atoms with van der Waals surface area (Å²) in [6.07, 6.45) is 1.42. The highest BCUT2D eigenvalue weighted by atomic mass is 127. The third-order valence-corrected chi connectivity index (χ3v) is 3.69. The molecule has 0 aliphatic carbocycles. The van der Waals surface area contributed by atoms with Gasteiger partial charge in [-0.05, 0) is 37.6 Å². The summed E-state index contributed by atoms with van der Waals surface area (Å²) in [6.45, 7) is 5.72. The van der Waals surface area contributed by atoms with E-state index in [1.165, 1.54) is 0 Å². The van der Waals surface area contributed by atoms with Crippen LogP contribution in [-0.4, -0.2) is 62.0 Å². The number of aliphatic hydroxyl groups excluding tert-OH is 1. The Hall–Kier alpha value is -1.22. The minimum Gasteiger partial charge on any atom is -0.497 e. The number of methoxy groups -OCH3 is 1. The Morgan fingerprint density at radius 1 is 1.33 bits per heavy atom. The average Bonchev–Trinajstić information content (AvgIpc) is 3.00. The highest BCUT2D eigenvalue weighted by Crippen LogP contribution is 2.17. The van der Waals surface area contributed by atoms with Crippen LogP contribution < -0.4 is 14.8 Å². The van der Waals surface area contributed by atoms with Gasteiger partial charge < -0.3 is 24.8 Å². The summed E-state index contributed by atoms with van der Waals surface area (Å²) in [4.78, 5) is 6.72. The number of benzene rings is 1. The summed E-state index contributed by atoms with van der Waals surface area (Å²) < 4.78 is 10.8. The Morgan fingerprint density at radius 2 is 2.04 bits per heavy atom. The molecule has 1 aromatic rings. The van der Waals surface area contributed by atoms with Crippen molar-refractivity contribution in [3.05, 3.63) is 24.3 Å². The van der Waals surface area contributed by atoms with Crippen LogP contribution in [0.25, 0.3) is 0 Å². The van der Waals surface area contributed by atoms with E-state index in [4.69, 9.17) is 9.47 Å². The number of nitrogens with zero attached hydrogens (tertiary/aromatic N) is 2. The van der Waals surface area contributed by atoms with Crippen molar-refractivity contribution in [1.29, 1.82) is 0 Å². The van der Waals surface area contributed by atoms with Gasteiger partial charge in [0.1, 0.15) is 11.5 Å². The number of likely N-dealkylation sites (tertiary alicyclic amines) is 1. The first kappa shape index (κ1) is 20.8. The zero-order valence-corrected chi connectivity index (χ0v) is 16.7. The largest absolute Gasteiger partial charge is 0.497 e. The van der Waals surface area contributed by atoms with Crippen molar-refractivity contribution in [3.63, 3.8) is 0 Å². The first-order chi connectivity index (χ1) is 11.2. The number of ether oxygens (including phenoxy) is 2. The lowest BCUT2D eigenvalue weighted by Gasteiger charge is -2.20. The fraction of sp³-hybridized carbons (Fsp3) is 0.588. The summed E-state index contributed by atoms with van der Waals surface area (Å²) in [5.41, 5.74) is 0. The van der Waals surface area contributed by atoms with Gasteiger partial charge in [0.2, 0.25) is 0 Å². The summed E-state index contributed by atoms with van der Waals surface area (Å²) in [5.74, 6) is 2.54. The normalized spacial score (nSPS) is 17.4. The molecular weight excluding hydrogens is 421 g/mol. The van der Waals surface area contributed by atoms with E-state index in [1.54, 1.807) is 7.11 Å². The van der Waals surface area contributed by atoms with Crippen molar-refractivity contribution in [2.24, 2.45) is 4.99 Å². The predicted molar refractivity (Wildman–Crippen MR) is 107 cm³/mol. The molecular formula is C17H28IN3O3. The number of halogens is 1. The first-order valence-corrected chi connectivity index (χ1v) is 8.21. The van der Waals surface area contributed by atoms with Gasteiger partial charge in [-0.15, -0.1) is 24.0 Å². The van der Waals surface area contributed by atoms with Crippen LogP contribution in [0.4, 0.5) is 0 Å². The molecule has 0 bridgehead atoms. The maximum atomic E-state index is 9.64. The quantitative estimate of drug-likeness (QED) is 0.289. The minimum atomic E-state index is -0.239. The fourth-order valence-electron chi connectivity index (χ4n) is 2.47. The zero-order valence-electron chi connectivity index (χ0n) is 14.4. The molecule has 2 rings (SSSR count). The summed E-state index contributed by atoms with van der Waals surface area (Å²) in [6, 6.07) is 7.57. The average molecular weight is 449 g/mol. The van der Waals surface area contributed by atoms with Gasteiger partial charge in [-0.3, -0.25) is 4.99 Å². The smallest absolute Gasteiger partial charge is 0.194 e. The number of aliphatic imine (C=N–C) groups is 1. The molecule has 7 heteroatoms. The Balaban J connectivity index is 0.00000288. The lowest BCUT2D eigenvalue weighted by Crippen LogP contribution is -2.40. The molecule has 1 atom stereocenters. The molecule has 1 heterocycles. The molecule has 1 aliphatic heterocycles. The van der Waals surface area contributed by atoms with Crippen molar-refractivity contribution in [2.45, 2.75) is 25.9 Å². The topological polar surface area (TPSA) is 66.3 Å². The second-order valence-corrected chi connectivity index (χ2v) is 5.50. The number of β-amino-alcohol motifs (C(OH)–C–C–N with tert-alkyl or cyclic N) is 1. The number of rotatable bonds is 7. The van der Waals surface area contributed by atoms with E-state index in [0.29, 0.717) is 19.7 Å². The molecule has 0 saturated carbocycles. The monoisotopic (exact) mass is 449 g/mol. The van der Waals surface area contributed by atoms with Gasteiger partial charge in [-0.1, -0.05) is 0 Å². The van der Waals surface area contributed by atoms with Gasteiger partial charge in [-0.2, -0.15) is 0 Å². The van der Waals surface area contributed by atoms with E-state index in [1.807, 2.05) is 24.3 Å². The lowest BCUT2D eigenvalue weighted by molar-refractivity contribution is 0.187. The van der Waals surface area contributed by atoms with Gasteiger partial charge in [0.25, 0.3) is 0 Å². The Labute approximate surface area is 161 Å². The van der Waals surface area contributed by atoms with Gasteiger partial charge >= 0.3 is 0 Å². The van der Waals surface area contributed by atoms with Gasteiger partial charge in [0.05, 0.1) is 19.8 Å². The van der Waals surface area contributed by atoms with E-state index >= 15 is 0 Å². The highest BCUT2D eigenvalue weighted by Gasteiger charge is 2.22. The highest BCUT2D eigenvalue weighted by molar-refractivity contribution is 14.0. The Bertz CT molecular complexity index is 496. The molecule has 2 N–H and O–H groups in total. The van der Waals surface area contributed by atoms with Gasteiger partial charge in [0, 0.05) is 32.6 Å². The van der Waals surface area contributed by atoms with Crippen LogP contribution in [0.2, 0.25) is 0 Å². The summed E-state index contributed by atoms with van der Waals surface area (Å²) in [5, 5.41) is 12.9. The maximum absolute atomic E-state index is 9.64. The minimum absolute atomic E-state index is 0. The van der Waals surface area contributed by atoms with Crippen molar-refractivity contribution in [3.8, 4) is 11.5 Å². The van der Waals surface area contributed by atoms with Crippen LogP contribution in [-0.2, 0) is 0 Å². The van der Waals surface area contributed by atoms with E-state index in [-0.39, 0.29) is 30.1 Å². The number of nitrogens with one attached hydrogen (secondary N) is 1. The SMILES string of the molecule is CCNC(=NCCCOc1ccc(OC)cc1)N1CC[C@@H](O)C1.I. The van der Waals surface area contributed by atoms with E-state index in [2.05, 4.69) is 22.1 Å². The predicted octanol–water partition coefficient (Wildman–Crippen LogP) is 2.11. The first-order valence-electron chi connectivity index (χ1n) is 8.21. The molecule has 136 valence electrons. The van der Waals surface area contributed by atoms with Gasteiger partial charge in [-0.25, -0.2) is 0 Å². The molecule has 1 aliphatic rings. The molecule has 1 fully saturated rings. The molecule has 6 nitrogen and oxygen atoms in total. The van der Waals surface area contributed by atoms with E-state index < -0.39 is 0 Å². The van der Waals surface area contributed by atoms with Crippen LogP contribution in [0.5, 0.6) is 11.5 Å². The van der Waals surface area contributed by atoms with Crippen molar-refractivity contribution in [2.75, 3.05) is 39.9 Å². The number of hydrogen-bond acceptors (Lipinski definition) is 4. The van der Waals surface area contributed by atoms with Crippen molar-refractivity contribution < 1.29 is 14.6 Å².